The van der Waals surface area contributed by atoms with Crippen molar-refractivity contribution in [1.29, 1.82) is 0 Å². The first-order chi connectivity index (χ1) is 12.1. The van der Waals surface area contributed by atoms with Crippen LogP contribution in [0.15, 0.2) is 36.5 Å². The van der Waals surface area contributed by atoms with Crippen molar-refractivity contribution in [2.75, 3.05) is 10.6 Å². The van der Waals surface area contributed by atoms with E-state index in [1.165, 1.54) is 30.4 Å². The van der Waals surface area contributed by atoms with Crippen molar-refractivity contribution >= 4 is 23.2 Å². The molecule has 5 nitrogen and oxygen atoms in total. The summed E-state index contributed by atoms with van der Waals surface area (Å²) in [5, 5.41) is 9.19. The van der Waals surface area contributed by atoms with Gasteiger partial charge >= 0.3 is 6.03 Å². The van der Waals surface area contributed by atoms with Crippen LogP contribution in [0.1, 0.15) is 43.2 Å². The molecule has 0 spiro atoms. The fourth-order valence-electron chi connectivity index (χ4n) is 3.34. The van der Waals surface area contributed by atoms with Crippen LogP contribution in [-0.4, -0.2) is 17.1 Å². The number of rotatable bonds is 4. The van der Waals surface area contributed by atoms with Crippen LogP contribution in [0.4, 0.5) is 22.0 Å². The topological polar surface area (TPSA) is 66.0 Å². The van der Waals surface area contributed by atoms with E-state index in [1.54, 1.807) is 6.20 Å². The number of pyridine rings is 1. The number of hydrogen-bond acceptors (Lipinski definition) is 3. The van der Waals surface area contributed by atoms with E-state index in [9.17, 15) is 4.79 Å². The molecule has 0 saturated heterocycles. The summed E-state index contributed by atoms with van der Waals surface area (Å²) in [5.74, 6) is 0.753. The van der Waals surface area contributed by atoms with Crippen molar-refractivity contribution in [1.82, 2.24) is 10.3 Å². The van der Waals surface area contributed by atoms with E-state index in [2.05, 4.69) is 53.0 Å². The molecule has 1 aliphatic rings. The van der Waals surface area contributed by atoms with E-state index in [0.717, 1.165) is 24.3 Å². The average molecular weight is 338 g/mol. The molecule has 0 radical (unpaired) electrons. The maximum Gasteiger partial charge on any atom is 0.319 e. The molecule has 1 saturated carbocycles. The Morgan fingerprint density at radius 1 is 1.00 bits per heavy atom. The van der Waals surface area contributed by atoms with Crippen LogP contribution in [0, 0.1) is 13.8 Å². The molecule has 5 heteroatoms. The number of anilines is 3. The van der Waals surface area contributed by atoms with Gasteiger partial charge in [0.2, 0.25) is 0 Å². The van der Waals surface area contributed by atoms with Crippen molar-refractivity contribution in [3.8, 4) is 0 Å². The van der Waals surface area contributed by atoms with E-state index >= 15 is 0 Å². The van der Waals surface area contributed by atoms with Gasteiger partial charge in [-0.3, -0.25) is 0 Å². The fraction of sp³-hybridized carbons (Fsp3) is 0.400. The van der Waals surface area contributed by atoms with E-state index in [1.807, 2.05) is 12.1 Å². The normalized spacial score (nSPS) is 14.8. The summed E-state index contributed by atoms with van der Waals surface area (Å²) in [6, 6.07) is 10.2. The molecule has 0 aliphatic heterocycles. The highest BCUT2D eigenvalue weighted by Crippen LogP contribution is 2.20. The second-order valence-electron chi connectivity index (χ2n) is 6.87. The third-order valence-corrected chi connectivity index (χ3v) is 4.46. The van der Waals surface area contributed by atoms with Crippen LogP contribution in [0.5, 0.6) is 0 Å². The zero-order chi connectivity index (χ0) is 17.6. The Balaban J connectivity index is 1.55. The first-order valence-electron chi connectivity index (χ1n) is 8.97. The average Bonchev–Trinajstić information content (AvgIpc) is 2.56. The molecule has 0 bridgehead atoms. The number of benzene rings is 1. The van der Waals surface area contributed by atoms with Crippen LogP contribution >= 0.6 is 0 Å². The minimum absolute atomic E-state index is 0.149. The number of nitrogens with zero attached hydrogens (tertiary/aromatic N) is 1. The molecule has 1 fully saturated rings. The molecule has 3 rings (SSSR count). The quantitative estimate of drug-likeness (QED) is 0.743. The third kappa shape index (κ3) is 5.21. The van der Waals surface area contributed by atoms with E-state index < -0.39 is 0 Å². The molecule has 3 N–H and O–H groups in total. The summed E-state index contributed by atoms with van der Waals surface area (Å²) in [5.41, 5.74) is 4.13. The highest BCUT2D eigenvalue weighted by molar-refractivity contribution is 5.89. The lowest BCUT2D eigenvalue weighted by Gasteiger charge is -2.22. The van der Waals surface area contributed by atoms with Gasteiger partial charge in [-0.1, -0.05) is 25.3 Å². The zero-order valence-corrected chi connectivity index (χ0v) is 14.9. The van der Waals surface area contributed by atoms with Crippen LogP contribution in [0.3, 0.4) is 0 Å². The van der Waals surface area contributed by atoms with Crippen LogP contribution in [0.2, 0.25) is 0 Å². The number of nitrogens with one attached hydrogen (secondary N) is 3. The Hall–Kier alpha value is -2.56. The number of aryl methyl sites for hydroxylation is 2. The van der Waals surface area contributed by atoms with Crippen molar-refractivity contribution < 1.29 is 4.79 Å². The van der Waals surface area contributed by atoms with Gasteiger partial charge in [0.05, 0.1) is 11.9 Å². The molecule has 1 aliphatic carbocycles. The Kier molecular flexibility index (Phi) is 5.53. The third-order valence-electron chi connectivity index (χ3n) is 4.46. The fourth-order valence-corrected chi connectivity index (χ4v) is 3.34. The molecule has 132 valence electrons. The molecular formula is C20H26N4O. The summed E-state index contributed by atoms with van der Waals surface area (Å²) in [7, 11) is 0. The first kappa shape index (κ1) is 17.3. The largest absolute Gasteiger partial charge is 0.340 e. The van der Waals surface area contributed by atoms with Crippen LogP contribution < -0.4 is 16.0 Å². The predicted octanol–water partition coefficient (Wildman–Crippen LogP) is 4.90. The van der Waals surface area contributed by atoms with Gasteiger partial charge in [-0.05, 0) is 62.1 Å². The van der Waals surface area contributed by atoms with Crippen LogP contribution in [-0.2, 0) is 0 Å². The molecule has 25 heavy (non-hydrogen) atoms. The Morgan fingerprint density at radius 2 is 1.72 bits per heavy atom. The number of carbonyl (C=O) groups excluding carboxylic acids is 1. The van der Waals surface area contributed by atoms with Crippen molar-refractivity contribution in [3.05, 3.63) is 47.7 Å². The highest BCUT2D eigenvalue weighted by atomic mass is 16.2. The maximum absolute atomic E-state index is 12.1. The number of amides is 2. The molecule has 1 aromatic carbocycles. The van der Waals surface area contributed by atoms with Gasteiger partial charge in [0.25, 0.3) is 0 Å². The SMILES string of the molecule is Cc1cc(C)cc(Nc2ccc(NC(=O)NC3CCCCC3)cn2)c1. The summed E-state index contributed by atoms with van der Waals surface area (Å²) in [4.78, 5) is 16.4. The van der Waals surface area contributed by atoms with E-state index in [-0.39, 0.29) is 6.03 Å². The Labute approximate surface area is 149 Å². The molecule has 2 amide bonds. The second kappa shape index (κ2) is 8.01. The lowest BCUT2D eigenvalue weighted by molar-refractivity contribution is 0.244. The standard InChI is InChI=1S/C20H26N4O/c1-14-10-15(2)12-18(11-14)22-19-9-8-17(13-21-19)24-20(25)23-16-6-4-3-5-7-16/h8-13,16H,3-7H2,1-2H3,(H,21,22)(H2,23,24,25). The highest BCUT2D eigenvalue weighted by Gasteiger charge is 2.15. The predicted molar refractivity (Wildman–Crippen MR) is 102 cm³/mol. The summed E-state index contributed by atoms with van der Waals surface area (Å²) in [6.07, 6.45) is 7.50. The molecule has 0 atom stereocenters. The van der Waals surface area contributed by atoms with Gasteiger partial charge in [0, 0.05) is 11.7 Å². The minimum Gasteiger partial charge on any atom is -0.340 e. The smallest absolute Gasteiger partial charge is 0.319 e. The van der Waals surface area contributed by atoms with Crippen molar-refractivity contribution in [3.63, 3.8) is 0 Å². The van der Waals surface area contributed by atoms with Gasteiger partial charge in [0.15, 0.2) is 0 Å². The summed E-state index contributed by atoms with van der Waals surface area (Å²) in [6.45, 7) is 4.15. The van der Waals surface area contributed by atoms with Crippen molar-refractivity contribution in [2.45, 2.75) is 52.0 Å². The number of carbonyl (C=O) groups is 1. The maximum atomic E-state index is 12.1. The number of urea groups is 1. The zero-order valence-electron chi connectivity index (χ0n) is 14.9. The van der Waals surface area contributed by atoms with Gasteiger partial charge in [-0.25, -0.2) is 9.78 Å². The number of hydrogen-bond donors (Lipinski definition) is 3. The second-order valence-corrected chi connectivity index (χ2v) is 6.87. The number of aromatic nitrogens is 1. The lowest BCUT2D eigenvalue weighted by Crippen LogP contribution is -2.39. The first-order valence-corrected chi connectivity index (χ1v) is 8.97. The van der Waals surface area contributed by atoms with Gasteiger partial charge in [-0.2, -0.15) is 0 Å². The van der Waals surface area contributed by atoms with Crippen molar-refractivity contribution in [2.24, 2.45) is 0 Å². The lowest BCUT2D eigenvalue weighted by atomic mass is 9.96. The van der Waals surface area contributed by atoms with E-state index in [4.69, 9.17) is 0 Å². The van der Waals surface area contributed by atoms with Gasteiger partial charge in [-0.15, -0.1) is 0 Å². The van der Waals surface area contributed by atoms with Crippen LogP contribution in [0.25, 0.3) is 0 Å². The van der Waals surface area contributed by atoms with Gasteiger partial charge < -0.3 is 16.0 Å². The Morgan fingerprint density at radius 3 is 2.36 bits per heavy atom. The monoisotopic (exact) mass is 338 g/mol. The van der Waals surface area contributed by atoms with E-state index in [0.29, 0.717) is 11.7 Å². The summed E-state index contributed by atoms with van der Waals surface area (Å²) < 4.78 is 0. The molecule has 1 aromatic heterocycles. The molecular weight excluding hydrogens is 312 g/mol. The minimum atomic E-state index is -0.149. The Bertz CT molecular complexity index is 701. The van der Waals surface area contributed by atoms with Gasteiger partial charge in [0.1, 0.15) is 5.82 Å². The summed E-state index contributed by atoms with van der Waals surface area (Å²) >= 11 is 0. The molecule has 0 unspecified atom stereocenters. The molecule has 1 heterocycles. The molecule has 2 aromatic rings.